The van der Waals surface area contributed by atoms with E-state index in [-0.39, 0.29) is 0 Å². The van der Waals surface area contributed by atoms with Crippen LogP contribution in [0.25, 0.3) is 0 Å². The second-order valence-electron chi connectivity index (χ2n) is 27.3. The van der Waals surface area contributed by atoms with Crippen LogP contribution in [0.2, 0.25) is 0 Å². The van der Waals surface area contributed by atoms with Crippen LogP contribution in [-0.2, 0) is 28.4 Å². The number of unbranched alkanes of at least 4 members (excludes halogenated alkanes) is 55. The van der Waals surface area contributed by atoms with Crippen LogP contribution in [0.4, 0.5) is 0 Å². The highest BCUT2D eigenvalue weighted by atomic mass is 16.9. The Morgan fingerprint density at radius 3 is 0.552 bits per heavy atom. The maximum atomic E-state index is 14.1. The van der Waals surface area contributed by atoms with E-state index in [9.17, 15) is 5.11 Å². The van der Waals surface area contributed by atoms with E-state index in [2.05, 4.69) is 53.8 Å². The van der Waals surface area contributed by atoms with E-state index in [1.807, 2.05) is 0 Å². The Bertz CT molecular complexity index is 1190. The van der Waals surface area contributed by atoms with Gasteiger partial charge in [0, 0.05) is 6.54 Å². The van der Waals surface area contributed by atoms with Crippen molar-refractivity contribution >= 4 is 0 Å². The standard InChI is InChI=1S/C79H161NO7/c1-8-15-22-28-34-40-46-52-58-64-71-82-77(83-72-65-59-53-47-41-35-29-23-16-9-2,79(81,86-75-68-62-56-50-44-38-32-26-19-12-5)87-76-69-63-57-51-45-39-33-27-20-13-6)78(80-70-21-14-7,84-73-66-60-54-48-42-36-30-24-17-10-3)85-74-67-61-55-49-43-37-31-25-18-11-4/h80-81H,8-76H2,1-7H3. The van der Waals surface area contributed by atoms with Crippen LogP contribution in [0, 0.1) is 0 Å². The fourth-order valence-electron chi connectivity index (χ4n) is 12.6. The molecule has 0 amide bonds. The molecule has 524 valence electrons. The Balaban J connectivity index is 7.52. The third-order valence-corrected chi connectivity index (χ3v) is 18.5. The fourth-order valence-corrected chi connectivity index (χ4v) is 12.6. The quantitative estimate of drug-likeness (QED) is 0.0460. The van der Waals surface area contributed by atoms with Crippen LogP contribution < -0.4 is 5.32 Å². The van der Waals surface area contributed by atoms with Gasteiger partial charge in [-0.05, 0) is 44.9 Å². The normalized spacial score (nSPS) is 12.4. The van der Waals surface area contributed by atoms with Crippen LogP contribution in [0.15, 0.2) is 0 Å². The topological polar surface area (TPSA) is 87.6 Å². The van der Waals surface area contributed by atoms with Crippen molar-refractivity contribution in [3.05, 3.63) is 0 Å². The number of rotatable bonds is 78. The Morgan fingerprint density at radius 2 is 0.356 bits per heavy atom. The van der Waals surface area contributed by atoms with Crippen LogP contribution in [0.3, 0.4) is 0 Å². The zero-order valence-corrected chi connectivity index (χ0v) is 60.7. The van der Waals surface area contributed by atoms with E-state index < -0.39 is 17.7 Å². The van der Waals surface area contributed by atoms with Crippen molar-refractivity contribution in [3.8, 4) is 0 Å². The third-order valence-electron chi connectivity index (χ3n) is 18.5. The Hall–Kier alpha value is -0.320. The monoisotopic (exact) mass is 1240 g/mol. The Kier molecular flexibility index (Phi) is 69.8. The first-order valence-corrected chi connectivity index (χ1v) is 40.2. The van der Waals surface area contributed by atoms with Gasteiger partial charge in [-0.15, -0.1) is 0 Å². The number of nitrogens with one attached hydrogen (secondary N) is 1. The first kappa shape index (κ1) is 86.7. The van der Waals surface area contributed by atoms with Gasteiger partial charge >= 0.3 is 11.8 Å². The summed E-state index contributed by atoms with van der Waals surface area (Å²) in [6.45, 7) is 19.0. The van der Waals surface area contributed by atoms with Gasteiger partial charge in [-0.3, -0.25) is 5.32 Å². The minimum absolute atomic E-state index is 0.331. The van der Waals surface area contributed by atoms with Crippen LogP contribution in [0.5, 0.6) is 0 Å². The van der Waals surface area contributed by atoms with Gasteiger partial charge in [0.1, 0.15) is 0 Å². The second-order valence-corrected chi connectivity index (χ2v) is 27.3. The Morgan fingerprint density at radius 1 is 0.195 bits per heavy atom. The van der Waals surface area contributed by atoms with E-state index in [0.717, 1.165) is 103 Å². The minimum Gasteiger partial charge on any atom is -0.339 e. The fraction of sp³-hybridized carbons (Fsp3) is 1.00. The van der Waals surface area contributed by atoms with Gasteiger partial charge in [-0.1, -0.05) is 402 Å². The molecule has 0 aromatic heterocycles. The molecule has 0 aliphatic carbocycles. The van der Waals surface area contributed by atoms with Crippen LogP contribution in [-0.4, -0.2) is 69.0 Å². The van der Waals surface area contributed by atoms with Gasteiger partial charge in [0.05, 0.1) is 39.6 Å². The average Bonchev–Trinajstić information content (AvgIpc) is 0.788. The molecule has 87 heavy (non-hydrogen) atoms. The highest BCUT2D eigenvalue weighted by molar-refractivity contribution is 4.96. The summed E-state index contributed by atoms with van der Waals surface area (Å²) >= 11 is 0. The molecule has 8 heteroatoms. The summed E-state index contributed by atoms with van der Waals surface area (Å²) in [5.41, 5.74) is 0. The summed E-state index contributed by atoms with van der Waals surface area (Å²) in [7, 11) is 0. The lowest BCUT2D eigenvalue weighted by Gasteiger charge is -2.53. The summed E-state index contributed by atoms with van der Waals surface area (Å²) < 4.78 is 44.1. The lowest BCUT2D eigenvalue weighted by molar-refractivity contribution is -0.551. The van der Waals surface area contributed by atoms with Crippen LogP contribution in [0.1, 0.15) is 447 Å². The predicted molar refractivity (Wildman–Crippen MR) is 380 cm³/mol. The average molecular weight is 1240 g/mol. The zero-order chi connectivity index (χ0) is 63.2. The molecule has 0 atom stereocenters. The number of hydrogen-bond donors (Lipinski definition) is 2. The summed E-state index contributed by atoms with van der Waals surface area (Å²) in [6.07, 6.45) is 75.7. The molecular formula is C79H161NO7. The van der Waals surface area contributed by atoms with Crippen molar-refractivity contribution < 1.29 is 33.5 Å². The second kappa shape index (κ2) is 70.0. The molecule has 0 saturated carbocycles. The molecule has 0 aromatic rings. The smallest absolute Gasteiger partial charge is 0.339 e. The lowest BCUT2D eigenvalue weighted by Crippen LogP contribution is -2.79. The third kappa shape index (κ3) is 51.7. The predicted octanol–water partition coefficient (Wildman–Crippen LogP) is 26.0. The lowest BCUT2D eigenvalue weighted by atomic mass is 10.0. The molecule has 0 bridgehead atoms. The highest BCUT2D eigenvalue weighted by Gasteiger charge is 2.72. The largest absolute Gasteiger partial charge is 0.345 e. The summed E-state index contributed by atoms with van der Waals surface area (Å²) in [6, 6.07) is 0. The molecule has 0 aliphatic heterocycles. The zero-order valence-electron chi connectivity index (χ0n) is 60.7. The molecular weight excluding hydrogens is 1070 g/mol. The maximum Gasteiger partial charge on any atom is 0.345 e. The number of aliphatic hydroxyl groups is 1. The van der Waals surface area contributed by atoms with E-state index in [1.54, 1.807) is 0 Å². The molecule has 0 spiro atoms. The summed E-state index contributed by atoms with van der Waals surface area (Å²) in [5.74, 6) is -6.01. The van der Waals surface area contributed by atoms with Gasteiger partial charge < -0.3 is 33.5 Å². The molecule has 0 aromatic carbocycles. The molecule has 0 heterocycles. The highest BCUT2D eigenvalue weighted by Crippen LogP contribution is 2.44. The molecule has 0 rings (SSSR count). The minimum atomic E-state index is -2.32. The summed E-state index contributed by atoms with van der Waals surface area (Å²) in [5, 5.41) is 18.0. The van der Waals surface area contributed by atoms with Crippen molar-refractivity contribution in [1.29, 1.82) is 0 Å². The van der Waals surface area contributed by atoms with Crippen molar-refractivity contribution in [1.82, 2.24) is 5.32 Å². The Labute approximate surface area is 546 Å². The van der Waals surface area contributed by atoms with Crippen molar-refractivity contribution in [2.45, 2.75) is 464 Å². The van der Waals surface area contributed by atoms with E-state index in [0.29, 0.717) is 46.2 Å². The van der Waals surface area contributed by atoms with Crippen molar-refractivity contribution in [2.24, 2.45) is 0 Å². The van der Waals surface area contributed by atoms with Gasteiger partial charge in [-0.2, -0.15) is 0 Å². The van der Waals surface area contributed by atoms with Gasteiger partial charge in [0.2, 0.25) is 0 Å². The van der Waals surface area contributed by atoms with Gasteiger partial charge in [0.25, 0.3) is 5.91 Å². The molecule has 0 aliphatic rings. The van der Waals surface area contributed by atoms with Crippen LogP contribution >= 0.6 is 0 Å². The van der Waals surface area contributed by atoms with Gasteiger partial charge in [0.15, 0.2) is 0 Å². The molecule has 0 fully saturated rings. The first-order chi connectivity index (χ1) is 42.9. The number of hydrogen-bond acceptors (Lipinski definition) is 8. The van der Waals surface area contributed by atoms with E-state index in [4.69, 9.17) is 28.4 Å². The molecule has 0 saturated heterocycles. The number of ether oxygens (including phenoxy) is 6. The van der Waals surface area contributed by atoms with Gasteiger partial charge in [-0.25, -0.2) is 0 Å². The molecule has 8 nitrogen and oxygen atoms in total. The molecule has 2 N–H and O–H groups in total. The van der Waals surface area contributed by atoms with Crippen molar-refractivity contribution in [3.63, 3.8) is 0 Å². The SMILES string of the molecule is CCCCCCCCCCCCOC(O)(OCCCCCCCCCCCC)C(OCCCCCCCCCCCC)(OCCCCCCCCCCCC)C(NCCCC)(OCCCCCCCCCCCC)OCCCCCCCCCCCC. The first-order valence-electron chi connectivity index (χ1n) is 40.2. The maximum absolute atomic E-state index is 14.1. The van der Waals surface area contributed by atoms with Crippen molar-refractivity contribution in [2.75, 3.05) is 46.2 Å². The molecule has 0 unspecified atom stereocenters. The van der Waals surface area contributed by atoms with E-state index >= 15 is 0 Å². The molecule has 0 radical (unpaired) electrons. The summed E-state index contributed by atoms with van der Waals surface area (Å²) in [4.78, 5) is 0. The van der Waals surface area contributed by atoms with E-state index in [1.165, 1.54) is 295 Å².